The van der Waals surface area contributed by atoms with E-state index in [0.717, 1.165) is 58.8 Å². The third-order valence-corrected chi connectivity index (χ3v) is 3.53. The second kappa shape index (κ2) is 6.55. The molecule has 2 fully saturated rings. The molecule has 4 heteroatoms. The van der Waals surface area contributed by atoms with Crippen LogP contribution in [0.5, 0.6) is 0 Å². The summed E-state index contributed by atoms with van der Waals surface area (Å²) in [5, 5.41) is 3.60. The van der Waals surface area contributed by atoms with Crippen molar-refractivity contribution in [3.8, 4) is 0 Å². The Balaban J connectivity index is 1.64. The molecule has 0 amide bonds. The molecule has 0 spiro atoms. The van der Waals surface area contributed by atoms with E-state index in [0.29, 0.717) is 12.1 Å². The van der Waals surface area contributed by atoms with Crippen LogP contribution in [0.2, 0.25) is 0 Å². The van der Waals surface area contributed by atoms with E-state index >= 15 is 0 Å². The Morgan fingerprint density at radius 2 is 2.06 bits per heavy atom. The first-order valence-electron chi connectivity index (χ1n) is 6.53. The van der Waals surface area contributed by atoms with Crippen LogP contribution in [0.3, 0.4) is 0 Å². The van der Waals surface area contributed by atoms with Gasteiger partial charge in [-0.1, -0.05) is 6.92 Å². The van der Waals surface area contributed by atoms with Crippen molar-refractivity contribution < 1.29 is 9.47 Å². The minimum atomic E-state index is 0.372. The van der Waals surface area contributed by atoms with Gasteiger partial charge in [-0.05, 0) is 19.4 Å². The van der Waals surface area contributed by atoms with Gasteiger partial charge in [0.15, 0.2) is 0 Å². The molecular weight excluding hydrogens is 204 g/mol. The maximum atomic E-state index is 5.77. The van der Waals surface area contributed by atoms with E-state index in [2.05, 4.69) is 17.1 Å². The van der Waals surface area contributed by atoms with Gasteiger partial charge in [0, 0.05) is 38.9 Å². The van der Waals surface area contributed by atoms with Gasteiger partial charge in [0.2, 0.25) is 0 Å². The normalized spacial score (nSPS) is 29.4. The Morgan fingerprint density at radius 1 is 1.25 bits per heavy atom. The predicted octanol–water partition coefficient (Wildman–Crippen LogP) is 0.476. The molecule has 0 bridgehead atoms. The molecule has 0 aliphatic carbocycles. The van der Waals surface area contributed by atoms with Gasteiger partial charge in [-0.3, -0.25) is 4.90 Å². The van der Waals surface area contributed by atoms with Gasteiger partial charge < -0.3 is 14.8 Å². The minimum absolute atomic E-state index is 0.372. The monoisotopic (exact) mass is 228 g/mol. The first kappa shape index (κ1) is 12.3. The largest absolute Gasteiger partial charge is 0.381 e. The highest BCUT2D eigenvalue weighted by Crippen LogP contribution is 2.08. The van der Waals surface area contributed by atoms with E-state index in [4.69, 9.17) is 9.47 Å². The molecule has 0 saturated carbocycles. The van der Waals surface area contributed by atoms with E-state index in [1.54, 1.807) is 0 Å². The average molecular weight is 228 g/mol. The molecule has 16 heavy (non-hydrogen) atoms. The quantitative estimate of drug-likeness (QED) is 0.758. The summed E-state index contributed by atoms with van der Waals surface area (Å²) in [5.74, 6) is 0. The Hall–Kier alpha value is -0.160. The van der Waals surface area contributed by atoms with Crippen LogP contribution in [0.25, 0.3) is 0 Å². The summed E-state index contributed by atoms with van der Waals surface area (Å²) in [6.07, 6.45) is 2.66. The SMILES string of the molecule is CCN1CCOC(CNC2CCOCC2)C1. The molecule has 2 rings (SSSR count). The van der Waals surface area contributed by atoms with Crippen LogP contribution in [-0.4, -0.2) is 63.0 Å². The maximum absolute atomic E-state index is 5.77. The lowest BCUT2D eigenvalue weighted by molar-refractivity contribution is -0.0284. The van der Waals surface area contributed by atoms with Crippen molar-refractivity contribution in [3.05, 3.63) is 0 Å². The third-order valence-electron chi connectivity index (χ3n) is 3.53. The fourth-order valence-corrected chi connectivity index (χ4v) is 2.39. The summed E-state index contributed by atoms with van der Waals surface area (Å²) in [7, 11) is 0. The van der Waals surface area contributed by atoms with Crippen LogP contribution >= 0.6 is 0 Å². The van der Waals surface area contributed by atoms with Gasteiger partial charge in [-0.25, -0.2) is 0 Å². The zero-order valence-corrected chi connectivity index (χ0v) is 10.3. The van der Waals surface area contributed by atoms with Crippen molar-refractivity contribution in [1.82, 2.24) is 10.2 Å². The van der Waals surface area contributed by atoms with Crippen LogP contribution in [-0.2, 0) is 9.47 Å². The van der Waals surface area contributed by atoms with Crippen LogP contribution < -0.4 is 5.32 Å². The highest BCUT2D eigenvalue weighted by atomic mass is 16.5. The molecule has 2 heterocycles. The number of likely N-dealkylation sites (N-methyl/N-ethyl adjacent to an activating group) is 1. The average Bonchev–Trinajstić information content (AvgIpc) is 2.38. The van der Waals surface area contributed by atoms with Crippen molar-refractivity contribution in [3.63, 3.8) is 0 Å². The smallest absolute Gasteiger partial charge is 0.0826 e. The topological polar surface area (TPSA) is 33.7 Å². The number of nitrogens with zero attached hydrogens (tertiary/aromatic N) is 1. The van der Waals surface area contributed by atoms with E-state index < -0.39 is 0 Å². The zero-order chi connectivity index (χ0) is 11.2. The Labute approximate surface area is 98.3 Å². The Bertz CT molecular complexity index is 195. The Morgan fingerprint density at radius 3 is 2.81 bits per heavy atom. The lowest BCUT2D eigenvalue weighted by Crippen LogP contribution is -2.48. The first-order chi connectivity index (χ1) is 7.88. The van der Waals surface area contributed by atoms with Gasteiger partial charge in [-0.2, -0.15) is 0 Å². The second-order valence-corrected chi connectivity index (χ2v) is 4.68. The highest BCUT2D eigenvalue weighted by molar-refractivity contribution is 4.76. The molecule has 94 valence electrons. The standard InChI is InChI=1S/C12H24N2O2/c1-2-14-5-8-16-12(10-14)9-13-11-3-6-15-7-4-11/h11-13H,2-10H2,1H3. The number of hydrogen-bond donors (Lipinski definition) is 1. The van der Waals surface area contributed by atoms with Crippen molar-refractivity contribution in [2.24, 2.45) is 0 Å². The van der Waals surface area contributed by atoms with Gasteiger partial charge in [0.25, 0.3) is 0 Å². The first-order valence-corrected chi connectivity index (χ1v) is 6.53. The second-order valence-electron chi connectivity index (χ2n) is 4.68. The lowest BCUT2D eigenvalue weighted by atomic mass is 10.1. The van der Waals surface area contributed by atoms with Crippen molar-refractivity contribution in [1.29, 1.82) is 0 Å². The van der Waals surface area contributed by atoms with Crippen molar-refractivity contribution in [2.75, 3.05) is 46.0 Å². The molecule has 2 saturated heterocycles. The fraction of sp³-hybridized carbons (Fsp3) is 1.00. The van der Waals surface area contributed by atoms with Gasteiger partial charge in [0.05, 0.1) is 12.7 Å². The molecule has 1 atom stereocenters. The number of rotatable bonds is 4. The molecule has 1 unspecified atom stereocenters. The van der Waals surface area contributed by atoms with Crippen molar-refractivity contribution >= 4 is 0 Å². The summed E-state index contributed by atoms with van der Waals surface area (Å²) in [6.45, 7) is 9.20. The predicted molar refractivity (Wildman–Crippen MR) is 63.7 cm³/mol. The lowest BCUT2D eigenvalue weighted by Gasteiger charge is -2.33. The molecule has 1 N–H and O–H groups in total. The summed E-state index contributed by atoms with van der Waals surface area (Å²) < 4.78 is 11.1. The van der Waals surface area contributed by atoms with E-state index in [9.17, 15) is 0 Å². The summed E-state index contributed by atoms with van der Waals surface area (Å²) in [6, 6.07) is 0.634. The van der Waals surface area contributed by atoms with Gasteiger partial charge in [0.1, 0.15) is 0 Å². The van der Waals surface area contributed by atoms with Crippen LogP contribution in [0, 0.1) is 0 Å². The molecule has 0 aromatic rings. The molecule has 2 aliphatic rings. The summed E-state index contributed by atoms with van der Waals surface area (Å²) in [4.78, 5) is 2.46. The Kier molecular flexibility index (Phi) is 5.03. The minimum Gasteiger partial charge on any atom is -0.381 e. The molecular formula is C12H24N2O2. The molecule has 0 aromatic heterocycles. The molecule has 4 nitrogen and oxygen atoms in total. The number of morpholine rings is 1. The van der Waals surface area contributed by atoms with Crippen molar-refractivity contribution in [2.45, 2.75) is 31.9 Å². The zero-order valence-electron chi connectivity index (χ0n) is 10.3. The molecule has 2 aliphatic heterocycles. The van der Waals surface area contributed by atoms with E-state index in [1.807, 2.05) is 0 Å². The number of ether oxygens (including phenoxy) is 2. The fourth-order valence-electron chi connectivity index (χ4n) is 2.39. The number of hydrogen-bond acceptors (Lipinski definition) is 4. The number of nitrogens with one attached hydrogen (secondary N) is 1. The van der Waals surface area contributed by atoms with Gasteiger partial charge >= 0.3 is 0 Å². The summed E-state index contributed by atoms with van der Waals surface area (Å²) >= 11 is 0. The molecule has 0 aromatic carbocycles. The van der Waals surface area contributed by atoms with Crippen LogP contribution in [0.4, 0.5) is 0 Å². The highest BCUT2D eigenvalue weighted by Gasteiger charge is 2.21. The van der Waals surface area contributed by atoms with Crippen LogP contribution in [0.15, 0.2) is 0 Å². The molecule has 0 radical (unpaired) electrons. The third kappa shape index (κ3) is 3.70. The van der Waals surface area contributed by atoms with Crippen LogP contribution in [0.1, 0.15) is 19.8 Å². The van der Waals surface area contributed by atoms with Gasteiger partial charge in [-0.15, -0.1) is 0 Å². The van der Waals surface area contributed by atoms with E-state index in [-0.39, 0.29) is 0 Å². The van der Waals surface area contributed by atoms with E-state index in [1.165, 1.54) is 0 Å². The summed E-state index contributed by atoms with van der Waals surface area (Å²) in [5.41, 5.74) is 0. The maximum Gasteiger partial charge on any atom is 0.0826 e.